The number of benzene rings is 2. The predicted octanol–water partition coefficient (Wildman–Crippen LogP) is 6.38. The average Bonchev–Trinajstić information content (AvgIpc) is 2.58. The highest BCUT2D eigenvalue weighted by Crippen LogP contribution is 2.25. The summed E-state index contributed by atoms with van der Waals surface area (Å²) in [5, 5.41) is 2.87. The lowest BCUT2D eigenvalue weighted by Gasteiger charge is -2.09. The van der Waals surface area contributed by atoms with Crippen LogP contribution in [0.25, 0.3) is 0 Å². The molecule has 0 aromatic heterocycles. The average molecular weight is 425 g/mol. The molecule has 0 bridgehead atoms. The predicted molar refractivity (Wildman–Crippen MR) is 92.0 cm³/mol. The zero-order chi connectivity index (χ0) is 20.8. The summed E-state index contributed by atoms with van der Waals surface area (Å²) in [7, 11) is 0. The molecule has 2 rings (SSSR count). The number of aliphatic imine (C=N–C) groups is 1. The van der Waals surface area contributed by atoms with E-state index in [0.717, 1.165) is 24.3 Å². The molecule has 0 saturated carbocycles. The molecule has 0 unspecified atom stereocenters. The fraction of sp³-hybridized carbons (Fsp3) is 0.118. The molecule has 0 fully saturated rings. The van der Waals surface area contributed by atoms with Gasteiger partial charge < -0.3 is 14.8 Å². The standard InChI is InChI=1S/C17H11ClF6N2O2/c18-11(9-25-12-1-5-14(6-2-12)27-16(19,20)21)10-26-13-3-7-15(8-4-13)28-17(22,23)24/h1-10,25H/b11-9+,26-10?. The molecular weight excluding hydrogens is 414 g/mol. The Kier molecular flexibility index (Phi) is 6.79. The Balaban J connectivity index is 1.91. The van der Waals surface area contributed by atoms with Gasteiger partial charge in [-0.1, -0.05) is 11.6 Å². The van der Waals surface area contributed by atoms with Gasteiger partial charge in [0.15, 0.2) is 0 Å². The Morgan fingerprint density at radius 1 is 0.821 bits per heavy atom. The van der Waals surface area contributed by atoms with Crippen LogP contribution < -0.4 is 14.8 Å². The molecule has 0 amide bonds. The minimum Gasteiger partial charge on any atom is -0.406 e. The molecule has 0 aliphatic heterocycles. The lowest BCUT2D eigenvalue weighted by Crippen LogP contribution is -2.16. The number of nitrogens with zero attached hydrogens (tertiary/aromatic N) is 1. The Bertz CT molecular complexity index is 831. The smallest absolute Gasteiger partial charge is 0.406 e. The normalized spacial score (nSPS) is 12.9. The second-order valence-electron chi connectivity index (χ2n) is 5.05. The summed E-state index contributed by atoms with van der Waals surface area (Å²) >= 11 is 5.92. The van der Waals surface area contributed by atoms with Gasteiger partial charge in [-0.3, -0.25) is 4.99 Å². The number of anilines is 1. The molecule has 0 aliphatic rings. The van der Waals surface area contributed by atoms with E-state index < -0.39 is 12.7 Å². The highest BCUT2D eigenvalue weighted by molar-refractivity contribution is 6.39. The molecule has 0 atom stereocenters. The number of allylic oxidation sites excluding steroid dienone is 1. The number of hydrogen-bond acceptors (Lipinski definition) is 4. The van der Waals surface area contributed by atoms with E-state index in [0.29, 0.717) is 11.4 Å². The van der Waals surface area contributed by atoms with Crippen LogP contribution in [0.2, 0.25) is 0 Å². The third-order valence-electron chi connectivity index (χ3n) is 2.87. The van der Waals surface area contributed by atoms with E-state index in [1.165, 1.54) is 36.7 Å². The summed E-state index contributed by atoms with van der Waals surface area (Å²) in [4.78, 5) is 3.96. The Morgan fingerprint density at radius 3 is 1.75 bits per heavy atom. The van der Waals surface area contributed by atoms with Crippen molar-refractivity contribution in [3.63, 3.8) is 0 Å². The van der Waals surface area contributed by atoms with E-state index in [1.54, 1.807) is 0 Å². The van der Waals surface area contributed by atoms with Crippen molar-refractivity contribution in [1.29, 1.82) is 0 Å². The van der Waals surface area contributed by atoms with Crippen LogP contribution in [-0.4, -0.2) is 18.9 Å². The summed E-state index contributed by atoms with van der Waals surface area (Å²) in [5.41, 5.74) is 0.768. The van der Waals surface area contributed by atoms with Gasteiger partial charge in [0.25, 0.3) is 0 Å². The number of ether oxygens (including phenoxy) is 2. The number of nitrogens with one attached hydrogen (secondary N) is 1. The van der Waals surface area contributed by atoms with Crippen molar-refractivity contribution in [3.8, 4) is 11.5 Å². The van der Waals surface area contributed by atoms with Crippen LogP contribution in [0.3, 0.4) is 0 Å². The first-order chi connectivity index (χ1) is 13.0. The fourth-order valence-corrected chi connectivity index (χ4v) is 1.92. The van der Waals surface area contributed by atoms with Gasteiger partial charge in [0.2, 0.25) is 0 Å². The molecular formula is C17H11ClF6N2O2. The lowest BCUT2D eigenvalue weighted by molar-refractivity contribution is -0.275. The Hall–Kier alpha value is -2.88. The highest BCUT2D eigenvalue weighted by atomic mass is 35.5. The van der Waals surface area contributed by atoms with E-state index in [4.69, 9.17) is 11.6 Å². The monoisotopic (exact) mass is 424 g/mol. The Morgan fingerprint density at radius 2 is 1.29 bits per heavy atom. The van der Waals surface area contributed by atoms with Crippen LogP contribution in [-0.2, 0) is 0 Å². The summed E-state index contributed by atoms with van der Waals surface area (Å²) < 4.78 is 79.9. The molecule has 4 nitrogen and oxygen atoms in total. The van der Waals surface area contributed by atoms with E-state index in [1.807, 2.05) is 0 Å². The van der Waals surface area contributed by atoms with Gasteiger partial charge in [0.05, 0.1) is 10.7 Å². The molecule has 2 aromatic rings. The van der Waals surface area contributed by atoms with Gasteiger partial charge in [-0.05, 0) is 48.5 Å². The number of alkyl halides is 6. The molecule has 28 heavy (non-hydrogen) atoms. The molecule has 150 valence electrons. The largest absolute Gasteiger partial charge is 0.573 e. The van der Waals surface area contributed by atoms with Crippen molar-refractivity contribution in [2.75, 3.05) is 5.32 Å². The third kappa shape index (κ3) is 8.21. The maximum atomic E-state index is 12.1. The van der Waals surface area contributed by atoms with Gasteiger partial charge in [0.1, 0.15) is 11.5 Å². The van der Waals surface area contributed by atoms with E-state index >= 15 is 0 Å². The van der Waals surface area contributed by atoms with Gasteiger partial charge in [0, 0.05) is 18.1 Å². The fourth-order valence-electron chi connectivity index (χ4n) is 1.81. The SMILES string of the molecule is FC(F)(F)Oc1ccc(N=C/C(Cl)=C\Nc2ccc(OC(F)(F)F)cc2)cc1. The third-order valence-corrected chi connectivity index (χ3v) is 3.08. The van der Waals surface area contributed by atoms with Gasteiger partial charge in [-0.2, -0.15) is 0 Å². The molecule has 11 heteroatoms. The molecule has 1 N–H and O–H groups in total. The first-order valence-electron chi connectivity index (χ1n) is 7.38. The minimum atomic E-state index is -4.78. The molecule has 2 aromatic carbocycles. The first kappa shape index (κ1) is 21.4. The number of rotatable bonds is 6. The highest BCUT2D eigenvalue weighted by Gasteiger charge is 2.31. The number of hydrogen-bond donors (Lipinski definition) is 1. The van der Waals surface area contributed by atoms with Crippen molar-refractivity contribution < 1.29 is 35.8 Å². The zero-order valence-electron chi connectivity index (χ0n) is 13.7. The molecule has 0 heterocycles. The molecule has 0 radical (unpaired) electrons. The van der Waals surface area contributed by atoms with Crippen LogP contribution in [0.15, 0.2) is 64.8 Å². The summed E-state index contributed by atoms with van der Waals surface area (Å²) in [6.07, 6.45) is -6.99. The van der Waals surface area contributed by atoms with Crippen LogP contribution in [0.1, 0.15) is 0 Å². The van der Waals surface area contributed by atoms with Crippen LogP contribution in [0, 0.1) is 0 Å². The van der Waals surface area contributed by atoms with Crippen molar-refractivity contribution in [2.45, 2.75) is 12.7 Å². The minimum absolute atomic E-state index is 0.131. The van der Waals surface area contributed by atoms with Crippen LogP contribution in [0.5, 0.6) is 11.5 Å². The van der Waals surface area contributed by atoms with E-state index in [9.17, 15) is 26.3 Å². The topological polar surface area (TPSA) is 42.8 Å². The van der Waals surface area contributed by atoms with Gasteiger partial charge >= 0.3 is 12.7 Å². The maximum absolute atomic E-state index is 12.1. The Labute approximate surface area is 160 Å². The van der Waals surface area contributed by atoms with Crippen molar-refractivity contribution >= 4 is 29.2 Å². The van der Waals surface area contributed by atoms with Gasteiger partial charge in [-0.15, -0.1) is 26.3 Å². The van der Waals surface area contributed by atoms with Crippen LogP contribution in [0.4, 0.5) is 37.7 Å². The van der Waals surface area contributed by atoms with E-state index in [-0.39, 0.29) is 16.5 Å². The summed E-state index contributed by atoms with van der Waals surface area (Å²) in [6, 6.07) is 9.73. The van der Waals surface area contributed by atoms with Crippen molar-refractivity contribution in [3.05, 3.63) is 59.8 Å². The zero-order valence-corrected chi connectivity index (χ0v) is 14.4. The van der Waals surface area contributed by atoms with Crippen LogP contribution >= 0.6 is 11.6 Å². The first-order valence-corrected chi connectivity index (χ1v) is 7.76. The number of halogens is 7. The maximum Gasteiger partial charge on any atom is 0.573 e. The lowest BCUT2D eigenvalue weighted by atomic mass is 10.3. The molecule has 0 spiro atoms. The summed E-state index contributed by atoms with van der Waals surface area (Å²) in [5.74, 6) is -0.750. The van der Waals surface area contributed by atoms with Crippen molar-refractivity contribution in [1.82, 2.24) is 0 Å². The quantitative estimate of drug-likeness (QED) is 0.432. The van der Waals surface area contributed by atoms with E-state index in [2.05, 4.69) is 19.8 Å². The van der Waals surface area contributed by atoms with Gasteiger partial charge in [-0.25, -0.2) is 0 Å². The summed E-state index contributed by atoms with van der Waals surface area (Å²) in [6.45, 7) is 0. The molecule has 0 saturated heterocycles. The second-order valence-corrected chi connectivity index (χ2v) is 5.48. The van der Waals surface area contributed by atoms with Crippen molar-refractivity contribution in [2.24, 2.45) is 4.99 Å². The second kappa shape index (κ2) is 8.87. The molecule has 0 aliphatic carbocycles.